The molecule has 0 radical (unpaired) electrons. The van der Waals surface area contributed by atoms with Gasteiger partial charge in [0.25, 0.3) is 5.56 Å². The van der Waals surface area contributed by atoms with E-state index in [-0.39, 0.29) is 10.8 Å². The van der Waals surface area contributed by atoms with E-state index in [4.69, 9.17) is 4.98 Å². The lowest BCUT2D eigenvalue weighted by Gasteiger charge is -2.33. The predicted octanol–water partition coefficient (Wildman–Crippen LogP) is 4.28. The number of aliphatic hydroxyl groups excluding tert-OH is 1. The summed E-state index contributed by atoms with van der Waals surface area (Å²) in [7, 11) is 2.09. The van der Waals surface area contributed by atoms with Gasteiger partial charge < -0.3 is 14.9 Å². The molecule has 5 aromatic rings. The zero-order valence-corrected chi connectivity index (χ0v) is 24.1. The van der Waals surface area contributed by atoms with Crippen LogP contribution >= 0.6 is 0 Å². The summed E-state index contributed by atoms with van der Waals surface area (Å²) in [6.45, 7) is 9.03. The van der Waals surface area contributed by atoms with Crippen LogP contribution in [0.5, 0.6) is 0 Å². The Balaban J connectivity index is 1.52. The van der Waals surface area contributed by atoms with Gasteiger partial charge in [-0.2, -0.15) is 15.0 Å². The Hall–Kier alpha value is -4.59. The van der Waals surface area contributed by atoms with E-state index in [9.17, 15) is 15.2 Å². The first-order chi connectivity index (χ1) is 20.1. The molecule has 1 aliphatic heterocycles. The highest BCUT2D eigenvalue weighted by molar-refractivity contribution is 5.87. The van der Waals surface area contributed by atoms with Crippen molar-refractivity contribution in [2.75, 3.05) is 38.1 Å². The maximum absolute atomic E-state index is 15.3. The molecule has 0 aliphatic carbocycles. The third-order valence-corrected chi connectivity index (χ3v) is 8.06. The fourth-order valence-electron chi connectivity index (χ4n) is 5.56. The van der Waals surface area contributed by atoms with Gasteiger partial charge in [-0.15, -0.1) is 0 Å². The minimum absolute atomic E-state index is 0.0658. The van der Waals surface area contributed by atoms with Crippen LogP contribution in [0.4, 0.5) is 10.2 Å². The Kier molecular flexibility index (Phi) is 6.80. The molecular formula is C32H32FN7O2. The number of hydrogen-bond acceptors (Lipinski definition) is 7. The smallest absolute Gasteiger partial charge is 0.282 e. The largest absolute Gasteiger partial charge is 0.392 e. The van der Waals surface area contributed by atoms with Gasteiger partial charge in [-0.3, -0.25) is 9.36 Å². The van der Waals surface area contributed by atoms with Crippen LogP contribution in [-0.4, -0.2) is 62.6 Å². The number of aliphatic hydroxyl groups is 1. The van der Waals surface area contributed by atoms with Gasteiger partial charge in [0.15, 0.2) is 0 Å². The Morgan fingerprint density at radius 3 is 2.50 bits per heavy atom. The second-order valence-corrected chi connectivity index (χ2v) is 11.8. The molecule has 1 aliphatic rings. The SMILES string of the molecule is CN1CCN(c2ccc3c(C#N)cn(-c4cccc(-n5ncc6cc(C(C)(C)C)cc(F)c6c5=O)c4CO)c3n2)CC1. The maximum Gasteiger partial charge on any atom is 0.282 e. The number of pyridine rings is 1. The molecule has 1 fully saturated rings. The molecule has 0 atom stereocenters. The predicted molar refractivity (Wildman–Crippen MR) is 161 cm³/mol. The first-order valence-electron chi connectivity index (χ1n) is 13.9. The lowest BCUT2D eigenvalue weighted by atomic mass is 9.86. The summed E-state index contributed by atoms with van der Waals surface area (Å²) in [5.41, 5.74) is 2.10. The van der Waals surface area contributed by atoms with Crippen molar-refractivity contribution >= 4 is 27.6 Å². The molecule has 2 aromatic carbocycles. The fourth-order valence-corrected chi connectivity index (χ4v) is 5.56. The zero-order valence-electron chi connectivity index (χ0n) is 24.1. The van der Waals surface area contributed by atoms with Crippen LogP contribution in [0, 0.1) is 17.1 Å². The minimum atomic E-state index is -0.622. The van der Waals surface area contributed by atoms with E-state index in [0.717, 1.165) is 42.2 Å². The van der Waals surface area contributed by atoms with Crippen molar-refractivity contribution in [3.8, 4) is 17.4 Å². The van der Waals surface area contributed by atoms with Crippen molar-refractivity contribution in [1.82, 2.24) is 24.2 Å². The molecule has 9 nitrogen and oxygen atoms in total. The van der Waals surface area contributed by atoms with Gasteiger partial charge in [0.1, 0.15) is 23.4 Å². The Labute approximate surface area is 242 Å². The molecule has 0 spiro atoms. The fraction of sp³-hybridized carbons (Fsp3) is 0.312. The highest BCUT2D eigenvalue weighted by Crippen LogP contribution is 2.31. The molecule has 0 unspecified atom stereocenters. The molecule has 214 valence electrons. The molecule has 6 rings (SSSR count). The molecule has 3 aromatic heterocycles. The third kappa shape index (κ3) is 4.61. The third-order valence-electron chi connectivity index (χ3n) is 8.06. The summed E-state index contributed by atoms with van der Waals surface area (Å²) >= 11 is 0. The van der Waals surface area contributed by atoms with E-state index in [2.05, 4.69) is 28.0 Å². The van der Waals surface area contributed by atoms with E-state index >= 15 is 4.39 Å². The highest BCUT2D eigenvalue weighted by atomic mass is 19.1. The summed E-state index contributed by atoms with van der Waals surface area (Å²) < 4.78 is 18.2. The number of anilines is 1. The molecule has 0 saturated carbocycles. The molecule has 1 saturated heterocycles. The van der Waals surface area contributed by atoms with Crippen molar-refractivity contribution in [1.29, 1.82) is 5.26 Å². The van der Waals surface area contributed by atoms with Crippen LogP contribution in [0.1, 0.15) is 37.5 Å². The summed E-state index contributed by atoms with van der Waals surface area (Å²) in [5.74, 6) is 0.189. The zero-order chi connectivity index (χ0) is 29.8. The first-order valence-corrected chi connectivity index (χ1v) is 13.9. The van der Waals surface area contributed by atoms with Crippen molar-refractivity contribution in [3.05, 3.63) is 87.7 Å². The quantitative estimate of drug-likeness (QED) is 0.347. The normalized spacial score (nSPS) is 14.5. The molecule has 0 bridgehead atoms. The number of nitrogens with zero attached hydrogens (tertiary/aromatic N) is 7. The number of nitriles is 1. The first kappa shape index (κ1) is 27.6. The Bertz CT molecular complexity index is 1940. The number of fused-ring (bicyclic) bond motifs is 2. The van der Waals surface area contributed by atoms with Crippen LogP contribution < -0.4 is 10.5 Å². The van der Waals surface area contributed by atoms with E-state index in [1.54, 1.807) is 35.0 Å². The van der Waals surface area contributed by atoms with Gasteiger partial charge in [0, 0.05) is 48.7 Å². The van der Waals surface area contributed by atoms with Crippen LogP contribution in [-0.2, 0) is 12.0 Å². The highest BCUT2D eigenvalue weighted by Gasteiger charge is 2.22. The maximum atomic E-state index is 15.3. The van der Waals surface area contributed by atoms with Crippen molar-refractivity contribution in [2.24, 2.45) is 0 Å². The van der Waals surface area contributed by atoms with Gasteiger partial charge >= 0.3 is 0 Å². The van der Waals surface area contributed by atoms with Crippen molar-refractivity contribution < 1.29 is 9.50 Å². The average molecular weight is 566 g/mol. The van der Waals surface area contributed by atoms with Crippen molar-refractivity contribution in [3.63, 3.8) is 0 Å². The molecule has 10 heteroatoms. The van der Waals surface area contributed by atoms with E-state index in [1.165, 1.54) is 12.3 Å². The topological polar surface area (TPSA) is 103 Å². The van der Waals surface area contributed by atoms with Gasteiger partial charge in [-0.05, 0) is 54.4 Å². The number of likely N-dealkylation sites (N-methyl/N-ethyl adjacent to an activating group) is 1. The number of rotatable bonds is 4. The van der Waals surface area contributed by atoms with Crippen LogP contribution in [0.3, 0.4) is 0 Å². The van der Waals surface area contributed by atoms with Crippen LogP contribution in [0.15, 0.2) is 59.7 Å². The monoisotopic (exact) mass is 565 g/mol. The van der Waals surface area contributed by atoms with E-state index in [1.807, 2.05) is 32.9 Å². The lowest BCUT2D eigenvalue weighted by Crippen LogP contribution is -2.44. The van der Waals surface area contributed by atoms with Gasteiger partial charge in [0.2, 0.25) is 0 Å². The Morgan fingerprint density at radius 1 is 1.07 bits per heavy atom. The number of aromatic nitrogens is 4. The summed E-state index contributed by atoms with van der Waals surface area (Å²) in [6.07, 6.45) is 3.17. The standard InChI is InChI=1S/C32H32FN7O2/c1-32(2,3)22-14-20-17-35-40(31(42)29(20)25(33)15-22)27-7-5-6-26(24(27)19-41)39-18-21(16-34)23-8-9-28(36-30(23)39)38-12-10-37(4)11-13-38/h5-9,14-15,17-18,41H,10-13,19H2,1-4H3. The average Bonchev–Trinajstić information content (AvgIpc) is 3.34. The molecule has 42 heavy (non-hydrogen) atoms. The summed E-state index contributed by atoms with van der Waals surface area (Å²) in [4.78, 5) is 23.1. The van der Waals surface area contributed by atoms with Crippen molar-refractivity contribution in [2.45, 2.75) is 32.8 Å². The summed E-state index contributed by atoms with van der Waals surface area (Å²) in [6, 6.07) is 14.5. The number of piperazine rings is 1. The second-order valence-electron chi connectivity index (χ2n) is 11.8. The number of halogens is 1. The molecule has 4 heterocycles. The number of hydrogen-bond donors (Lipinski definition) is 1. The van der Waals surface area contributed by atoms with Gasteiger partial charge in [-0.1, -0.05) is 26.8 Å². The summed E-state index contributed by atoms with van der Waals surface area (Å²) in [5, 5.41) is 25.9. The number of benzene rings is 2. The van der Waals surface area contributed by atoms with E-state index < -0.39 is 18.0 Å². The van der Waals surface area contributed by atoms with Gasteiger partial charge in [0.05, 0.1) is 35.1 Å². The van der Waals surface area contributed by atoms with Crippen LogP contribution in [0.2, 0.25) is 0 Å². The van der Waals surface area contributed by atoms with Crippen LogP contribution in [0.25, 0.3) is 33.2 Å². The van der Waals surface area contributed by atoms with Gasteiger partial charge in [-0.25, -0.2) is 9.37 Å². The molecular weight excluding hydrogens is 533 g/mol. The lowest BCUT2D eigenvalue weighted by molar-refractivity contribution is 0.281. The molecule has 0 amide bonds. The minimum Gasteiger partial charge on any atom is -0.392 e. The molecule has 1 N–H and O–H groups in total. The van der Waals surface area contributed by atoms with E-state index in [0.29, 0.717) is 38.9 Å². The second kappa shape index (κ2) is 10.4. The Morgan fingerprint density at radius 2 is 1.81 bits per heavy atom.